The zero-order valence-corrected chi connectivity index (χ0v) is 12.6. The highest BCUT2D eigenvalue weighted by molar-refractivity contribution is 5.80. The van der Waals surface area contributed by atoms with Crippen molar-refractivity contribution in [2.24, 2.45) is 23.5 Å². The monoisotopic (exact) mass is 266 g/mol. The van der Waals surface area contributed by atoms with E-state index in [0.29, 0.717) is 17.7 Å². The van der Waals surface area contributed by atoms with Crippen LogP contribution in [0.4, 0.5) is 0 Å². The van der Waals surface area contributed by atoms with Crippen LogP contribution in [-0.2, 0) is 4.79 Å². The average Bonchev–Trinajstić information content (AvgIpc) is 2.99. The minimum Gasteiger partial charge on any atom is -0.342 e. The van der Waals surface area contributed by atoms with Gasteiger partial charge in [-0.15, -0.1) is 0 Å². The predicted octanol–water partition coefficient (Wildman–Crippen LogP) is 2.79. The van der Waals surface area contributed by atoms with Gasteiger partial charge in [-0.3, -0.25) is 4.79 Å². The minimum absolute atomic E-state index is 0.132. The molecule has 2 fully saturated rings. The van der Waals surface area contributed by atoms with Gasteiger partial charge in [-0.1, -0.05) is 26.7 Å². The van der Waals surface area contributed by atoms with Crippen LogP contribution in [-0.4, -0.2) is 29.9 Å². The topological polar surface area (TPSA) is 46.3 Å². The number of fused-ring (bicyclic) bond motifs is 2. The molecule has 0 saturated heterocycles. The van der Waals surface area contributed by atoms with E-state index in [4.69, 9.17) is 5.73 Å². The van der Waals surface area contributed by atoms with Crippen LogP contribution in [0.15, 0.2) is 0 Å². The summed E-state index contributed by atoms with van der Waals surface area (Å²) in [6, 6.07) is 0.136. The Morgan fingerprint density at radius 1 is 1.11 bits per heavy atom. The maximum atomic E-state index is 12.8. The molecule has 2 aliphatic rings. The molecule has 2 N–H and O–H groups in total. The summed E-state index contributed by atoms with van der Waals surface area (Å²) in [6.45, 7) is 6.23. The van der Waals surface area contributed by atoms with E-state index < -0.39 is 0 Å². The zero-order valence-electron chi connectivity index (χ0n) is 12.6. The van der Waals surface area contributed by atoms with Gasteiger partial charge in [0.2, 0.25) is 5.91 Å². The maximum absolute atomic E-state index is 12.8. The molecule has 19 heavy (non-hydrogen) atoms. The molecule has 1 amide bonds. The Kier molecular flexibility index (Phi) is 5.26. The SMILES string of the molecule is CCCCN(CCCC)C(=O)C1C2CCC(C2)C1N. The molecule has 110 valence electrons. The minimum atomic E-state index is 0.132. The fourth-order valence-corrected chi connectivity index (χ4v) is 3.94. The third-order valence-corrected chi connectivity index (χ3v) is 5.14. The number of unbranched alkanes of at least 4 members (excludes halogenated alkanes) is 2. The second kappa shape index (κ2) is 6.74. The van der Waals surface area contributed by atoms with Crippen LogP contribution in [0, 0.1) is 17.8 Å². The molecule has 4 unspecified atom stereocenters. The Morgan fingerprint density at radius 2 is 1.68 bits per heavy atom. The first-order valence-corrected chi connectivity index (χ1v) is 8.23. The normalized spacial score (nSPS) is 32.8. The van der Waals surface area contributed by atoms with E-state index in [1.165, 1.54) is 19.3 Å². The van der Waals surface area contributed by atoms with E-state index in [-0.39, 0.29) is 12.0 Å². The molecule has 0 aromatic carbocycles. The summed E-state index contributed by atoms with van der Waals surface area (Å²) < 4.78 is 0. The van der Waals surface area contributed by atoms with Crippen molar-refractivity contribution >= 4 is 5.91 Å². The first kappa shape index (κ1) is 14.8. The molecule has 3 nitrogen and oxygen atoms in total. The summed E-state index contributed by atoms with van der Waals surface area (Å²) in [5.74, 6) is 1.70. The lowest BCUT2D eigenvalue weighted by molar-refractivity contribution is -0.138. The number of rotatable bonds is 7. The van der Waals surface area contributed by atoms with Crippen molar-refractivity contribution in [3.63, 3.8) is 0 Å². The molecule has 2 saturated carbocycles. The third-order valence-electron chi connectivity index (χ3n) is 5.14. The van der Waals surface area contributed by atoms with Crippen LogP contribution in [0.2, 0.25) is 0 Å². The fourth-order valence-electron chi connectivity index (χ4n) is 3.94. The summed E-state index contributed by atoms with van der Waals surface area (Å²) in [4.78, 5) is 14.9. The van der Waals surface area contributed by atoms with Gasteiger partial charge in [-0.25, -0.2) is 0 Å². The average molecular weight is 266 g/mol. The number of carbonyl (C=O) groups is 1. The van der Waals surface area contributed by atoms with E-state index in [2.05, 4.69) is 18.7 Å². The van der Waals surface area contributed by atoms with Crippen molar-refractivity contribution in [3.8, 4) is 0 Å². The van der Waals surface area contributed by atoms with E-state index >= 15 is 0 Å². The van der Waals surface area contributed by atoms with Crippen molar-refractivity contribution in [1.29, 1.82) is 0 Å². The van der Waals surface area contributed by atoms with E-state index in [9.17, 15) is 4.79 Å². The molecule has 0 spiro atoms. The quantitative estimate of drug-likeness (QED) is 0.770. The van der Waals surface area contributed by atoms with Gasteiger partial charge in [-0.05, 0) is 43.9 Å². The molecule has 3 heteroatoms. The lowest BCUT2D eigenvalue weighted by atomic mass is 9.84. The first-order chi connectivity index (χ1) is 9.19. The van der Waals surface area contributed by atoms with Gasteiger partial charge >= 0.3 is 0 Å². The van der Waals surface area contributed by atoms with Gasteiger partial charge in [-0.2, -0.15) is 0 Å². The third kappa shape index (κ3) is 3.13. The summed E-state index contributed by atoms with van der Waals surface area (Å²) in [5, 5.41) is 0. The number of amides is 1. The molecule has 2 bridgehead atoms. The first-order valence-electron chi connectivity index (χ1n) is 8.23. The highest BCUT2D eigenvalue weighted by Gasteiger charge is 2.49. The van der Waals surface area contributed by atoms with Gasteiger partial charge < -0.3 is 10.6 Å². The van der Waals surface area contributed by atoms with E-state index in [1.807, 2.05) is 0 Å². The zero-order chi connectivity index (χ0) is 13.8. The molecule has 0 aromatic rings. The van der Waals surface area contributed by atoms with Crippen LogP contribution in [0.5, 0.6) is 0 Å². The van der Waals surface area contributed by atoms with Gasteiger partial charge in [0.1, 0.15) is 0 Å². The summed E-state index contributed by atoms with van der Waals surface area (Å²) in [7, 11) is 0. The highest BCUT2D eigenvalue weighted by Crippen LogP contribution is 2.48. The Labute approximate surface area is 117 Å². The Bertz CT molecular complexity index is 295. The molecular formula is C16H30N2O. The molecule has 2 rings (SSSR count). The van der Waals surface area contributed by atoms with Crippen molar-refractivity contribution in [2.75, 3.05) is 13.1 Å². The number of nitrogens with two attached hydrogens (primary N) is 1. The van der Waals surface area contributed by atoms with Crippen molar-refractivity contribution in [3.05, 3.63) is 0 Å². The molecule has 0 aliphatic heterocycles. The largest absolute Gasteiger partial charge is 0.342 e. The predicted molar refractivity (Wildman–Crippen MR) is 78.7 cm³/mol. The number of carbonyl (C=O) groups excluding carboxylic acids is 1. The molecule has 0 heterocycles. The van der Waals surface area contributed by atoms with Crippen molar-refractivity contribution < 1.29 is 4.79 Å². The standard InChI is InChI=1S/C16H30N2O/c1-3-5-9-18(10-6-4-2)16(19)14-12-7-8-13(11-12)15(14)17/h12-15H,3-11,17H2,1-2H3. The Balaban J connectivity index is 1.97. The smallest absolute Gasteiger partial charge is 0.227 e. The number of nitrogens with zero attached hydrogens (tertiary/aromatic N) is 1. The Hall–Kier alpha value is -0.570. The molecular weight excluding hydrogens is 236 g/mol. The van der Waals surface area contributed by atoms with Gasteiger partial charge in [0.25, 0.3) is 0 Å². The fraction of sp³-hybridized carbons (Fsp3) is 0.938. The Morgan fingerprint density at radius 3 is 2.16 bits per heavy atom. The summed E-state index contributed by atoms with van der Waals surface area (Å²) in [6.07, 6.45) is 8.21. The van der Waals surface area contributed by atoms with Gasteiger partial charge in [0.05, 0.1) is 5.92 Å². The van der Waals surface area contributed by atoms with Crippen LogP contribution in [0.3, 0.4) is 0 Å². The second-order valence-corrected chi connectivity index (χ2v) is 6.47. The molecule has 0 radical (unpaired) electrons. The molecule has 4 atom stereocenters. The van der Waals surface area contributed by atoms with E-state index in [1.54, 1.807) is 0 Å². The lowest BCUT2D eigenvalue weighted by Gasteiger charge is -2.32. The van der Waals surface area contributed by atoms with Gasteiger partial charge in [0, 0.05) is 19.1 Å². The number of hydrogen-bond donors (Lipinski definition) is 1. The molecule has 2 aliphatic carbocycles. The summed E-state index contributed by atoms with van der Waals surface area (Å²) in [5.41, 5.74) is 6.31. The van der Waals surface area contributed by atoms with Crippen molar-refractivity contribution in [1.82, 2.24) is 4.90 Å². The second-order valence-electron chi connectivity index (χ2n) is 6.47. The van der Waals surface area contributed by atoms with Crippen LogP contribution in [0.1, 0.15) is 58.8 Å². The van der Waals surface area contributed by atoms with E-state index in [0.717, 1.165) is 38.8 Å². The summed E-state index contributed by atoms with van der Waals surface area (Å²) >= 11 is 0. The number of hydrogen-bond acceptors (Lipinski definition) is 2. The highest BCUT2D eigenvalue weighted by atomic mass is 16.2. The van der Waals surface area contributed by atoms with Gasteiger partial charge in [0.15, 0.2) is 0 Å². The van der Waals surface area contributed by atoms with Crippen LogP contribution < -0.4 is 5.73 Å². The van der Waals surface area contributed by atoms with Crippen LogP contribution in [0.25, 0.3) is 0 Å². The van der Waals surface area contributed by atoms with Crippen LogP contribution >= 0.6 is 0 Å². The molecule has 0 aromatic heterocycles. The lowest BCUT2D eigenvalue weighted by Crippen LogP contribution is -2.47. The van der Waals surface area contributed by atoms with Crippen molar-refractivity contribution in [2.45, 2.75) is 64.8 Å². The maximum Gasteiger partial charge on any atom is 0.227 e.